The van der Waals surface area contributed by atoms with E-state index in [1.807, 2.05) is 0 Å². The van der Waals surface area contributed by atoms with E-state index >= 15 is 0 Å². The number of benzene rings is 1. The SMILES string of the molecule is O=[N+]([O-])c1c(F)cc([B-](F)(F)F)cc1F.[K+]. The second kappa shape index (κ2) is 5.54. The molecule has 1 rings (SSSR count). The molecule has 3 nitrogen and oxygen atoms in total. The van der Waals surface area contributed by atoms with Gasteiger partial charge in [0.05, 0.1) is 4.92 Å². The van der Waals surface area contributed by atoms with Crippen LogP contribution in [0.25, 0.3) is 0 Å². The minimum Gasteiger partial charge on any atom is -0.445 e. The molecule has 82 valence electrons. The van der Waals surface area contributed by atoms with Crippen LogP contribution in [0.2, 0.25) is 0 Å². The molecule has 0 saturated carbocycles. The summed E-state index contributed by atoms with van der Waals surface area (Å²) in [5, 5.41) is 10.1. The van der Waals surface area contributed by atoms with Crippen molar-refractivity contribution in [1.29, 1.82) is 0 Å². The molecule has 0 N–H and O–H groups in total. The molecular formula is C6H2BF5KNO2. The normalized spacial score (nSPS) is 10.8. The smallest absolute Gasteiger partial charge is 0.445 e. The summed E-state index contributed by atoms with van der Waals surface area (Å²) < 4.78 is 61.6. The Labute approximate surface area is 129 Å². The molecule has 0 fully saturated rings. The van der Waals surface area contributed by atoms with Crippen LogP contribution in [0.1, 0.15) is 0 Å². The van der Waals surface area contributed by atoms with E-state index in [1.165, 1.54) is 0 Å². The first kappa shape index (κ1) is 16.0. The summed E-state index contributed by atoms with van der Waals surface area (Å²) in [5.41, 5.74) is -3.13. The van der Waals surface area contributed by atoms with E-state index in [0.717, 1.165) is 0 Å². The largest absolute Gasteiger partial charge is 1.00 e. The molecule has 0 spiro atoms. The summed E-state index contributed by atoms with van der Waals surface area (Å²) in [5.74, 6) is -3.68. The number of halogens is 5. The van der Waals surface area contributed by atoms with E-state index in [1.54, 1.807) is 0 Å². The van der Waals surface area contributed by atoms with Crippen molar-refractivity contribution >= 4 is 18.1 Å². The van der Waals surface area contributed by atoms with Crippen LogP contribution in [-0.4, -0.2) is 11.9 Å². The number of nitro groups is 1. The van der Waals surface area contributed by atoms with Crippen LogP contribution in [-0.2, 0) is 0 Å². The van der Waals surface area contributed by atoms with E-state index < -0.39 is 34.7 Å². The summed E-state index contributed by atoms with van der Waals surface area (Å²) in [4.78, 5) is 8.63. The Morgan fingerprint density at radius 3 is 1.75 bits per heavy atom. The maximum Gasteiger partial charge on any atom is 1.00 e. The van der Waals surface area contributed by atoms with Crippen LogP contribution >= 0.6 is 0 Å². The number of nitro benzene ring substituents is 1. The summed E-state index contributed by atoms with van der Waals surface area (Å²) >= 11 is 0. The fraction of sp³-hybridized carbons (Fsp3) is 0. The summed E-state index contributed by atoms with van der Waals surface area (Å²) in [7, 11) is 0. The van der Waals surface area contributed by atoms with Gasteiger partial charge in [-0.05, 0) is 12.1 Å². The molecule has 0 aliphatic carbocycles. The molecule has 0 bridgehead atoms. The van der Waals surface area contributed by atoms with Gasteiger partial charge in [-0.1, -0.05) is 0 Å². The van der Waals surface area contributed by atoms with E-state index in [2.05, 4.69) is 0 Å². The van der Waals surface area contributed by atoms with Crippen LogP contribution in [0.5, 0.6) is 0 Å². The zero-order valence-corrected chi connectivity index (χ0v) is 11.0. The van der Waals surface area contributed by atoms with E-state index in [0.29, 0.717) is 0 Å². The first-order valence-corrected chi connectivity index (χ1v) is 3.56. The summed E-state index contributed by atoms with van der Waals surface area (Å²) in [6.45, 7) is -5.58. The number of nitrogens with zero attached hydrogens (tertiary/aromatic N) is 1. The summed E-state index contributed by atoms with van der Waals surface area (Å²) in [6.07, 6.45) is 0. The monoisotopic (exact) mass is 265 g/mol. The maximum atomic E-state index is 12.7. The van der Waals surface area contributed by atoms with Crippen LogP contribution in [0.4, 0.5) is 27.4 Å². The molecular weight excluding hydrogens is 263 g/mol. The second-order valence-electron chi connectivity index (χ2n) is 2.67. The second-order valence-corrected chi connectivity index (χ2v) is 2.67. The quantitative estimate of drug-likeness (QED) is 0.296. The van der Waals surface area contributed by atoms with Gasteiger partial charge in [0, 0.05) is 0 Å². The topological polar surface area (TPSA) is 43.1 Å². The third-order valence-corrected chi connectivity index (χ3v) is 1.60. The van der Waals surface area contributed by atoms with Gasteiger partial charge in [0.2, 0.25) is 11.6 Å². The molecule has 0 radical (unpaired) electrons. The van der Waals surface area contributed by atoms with Crippen LogP contribution in [0.15, 0.2) is 12.1 Å². The van der Waals surface area contributed by atoms with Gasteiger partial charge in [0.15, 0.2) is 0 Å². The van der Waals surface area contributed by atoms with Gasteiger partial charge in [-0.2, -0.15) is 8.78 Å². The zero-order chi connectivity index (χ0) is 11.8. The Bertz CT molecular complexity index is 401. The molecule has 0 saturated heterocycles. The van der Waals surface area contributed by atoms with Crippen molar-refractivity contribution in [2.75, 3.05) is 0 Å². The third-order valence-electron chi connectivity index (χ3n) is 1.60. The number of hydrogen-bond acceptors (Lipinski definition) is 2. The third kappa shape index (κ3) is 3.49. The Hall–Kier alpha value is -0.0287. The van der Waals surface area contributed by atoms with Crippen molar-refractivity contribution in [1.82, 2.24) is 0 Å². The van der Waals surface area contributed by atoms with Crippen molar-refractivity contribution in [3.8, 4) is 0 Å². The molecule has 0 heterocycles. The standard InChI is InChI=1S/C6H2BF5NO2.K/c8-4-1-3(7(10,11)12)2-5(9)6(4)13(14)15;/h1-2H;/q-1;+1. The molecule has 1 aromatic rings. The fourth-order valence-electron chi connectivity index (χ4n) is 0.949. The van der Waals surface area contributed by atoms with Crippen molar-refractivity contribution in [2.45, 2.75) is 0 Å². The first-order valence-electron chi connectivity index (χ1n) is 3.56. The van der Waals surface area contributed by atoms with Gasteiger partial charge in [-0.15, -0.1) is 5.46 Å². The van der Waals surface area contributed by atoms with Gasteiger partial charge in [-0.25, -0.2) is 0 Å². The average molecular weight is 265 g/mol. The molecule has 16 heavy (non-hydrogen) atoms. The zero-order valence-electron chi connectivity index (χ0n) is 7.89. The molecule has 10 heteroatoms. The Kier molecular flexibility index (Phi) is 5.53. The fourth-order valence-corrected chi connectivity index (χ4v) is 0.949. The van der Waals surface area contributed by atoms with Crippen molar-refractivity contribution in [3.63, 3.8) is 0 Å². The van der Waals surface area contributed by atoms with Gasteiger partial charge in [0.25, 0.3) is 0 Å². The molecule has 0 unspecified atom stereocenters. The summed E-state index contributed by atoms with van der Waals surface area (Å²) in [6, 6.07) is -0.192. The van der Waals surface area contributed by atoms with E-state index in [4.69, 9.17) is 0 Å². The minimum absolute atomic E-state index is 0. The van der Waals surface area contributed by atoms with Crippen LogP contribution in [0, 0.1) is 21.7 Å². The van der Waals surface area contributed by atoms with E-state index in [9.17, 15) is 31.8 Å². The predicted octanol–water partition coefficient (Wildman–Crippen LogP) is -1.07. The van der Waals surface area contributed by atoms with Crippen molar-refractivity contribution in [2.24, 2.45) is 0 Å². The van der Waals surface area contributed by atoms with Crippen molar-refractivity contribution in [3.05, 3.63) is 33.9 Å². The van der Waals surface area contributed by atoms with E-state index in [-0.39, 0.29) is 63.5 Å². The molecule has 0 aliphatic rings. The molecule has 0 amide bonds. The number of hydrogen-bond donors (Lipinski definition) is 0. The van der Waals surface area contributed by atoms with Crippen LogP contribution < -0.4 is 56.8 Å². The average Bonchev–Trinajstić information content (AvgIpc) is 1.99. The van der Waals surface area contributed by atoms with Crippen molar-refractivity contribution < 1.29 is 78.0 Å². The van der Waals surface area contributed by atoms with Gasteiger partial charge in [-0.3, -0.25) is 10.1 Å². The molecule has 0 aliphatic heterocycles. The predicted molar refractivity (Wildman–Crippen MR) is 41.7 cm³/mol. The number of rotatable bonds is 2. The Morgan fingerprint density at radius 2 is 1.50 bits per heavy atom. The Morgan fingerprint density at radius 1 is 1.12 bits per heavy atom. The molecule has 0 aromatic heterocycles. The Balaban J connectivity index is 0.00000225. The van der Waals surface area contributed by atoms with Gasteiger partial charge >= 0.3 is 64.0 Å². The first-order chi connectivity index (χ1) is 6.73. The molecule has 1 aromatic carbocycles. The molecule has 0 atom stereocenters. The van der Waals surface area contributed by atoms with Gasteiger partial charge < -0.3 is 12.9 Å². The minimum atomic E-state index is -5.58. The van der Waals surface area contributed by atoms with Gasteiger partial charge in [0.1, 0.15) is 0 Å². The maximum absolute atomic E-state index is 12.7. The van der Waals surface area contributed by atoms with Crippen LogP contribution in [0.3, 0.4) is 0 Å².